The maximum atomic E-state index is 11.5. The van der Waals surface area contributed by atoms with Gasteiger partial charge in [-0.25, -0.2) is 0 Å². The first-order valence-electron chi connectivity index (χ1n) is 5.23. The van der Waals surface area contributed by atoms with Crippen molar-refractivity contribution in [2.24, 2.45) is 10.8 Å². The number of carbonyl (C=O) groups is 1. The fourth-order valence-electron chi connectivity index (χ4n) is 3.18. The summed E-state index contributed by atoms with van der Waals surface area (Å²) in [5.41, 5.74) is 1.01. The average Bonchev–Trinajstić information content (AvgIpc) is 2.81. The Labute approximate surface area is 87.0 Å². The number of rotatable bonds is 2. The van der Waals surface area contributed by atoms with Gasteiger partial charge in [0.05, 0.1) is 0 Å². The van der Waals surface area contributed by atoms with E-state index in [1.807, 2.05) is 0 Å². The monoisotopic (exact) mass is 292 g/mol. The Kier molecular flexibility index (Phi) is 1.67. The molecule has 3 aliphatic rings. The van der Waals surface area contributed by atoms with Crippen LogP contribution in [0.5, 0.6) is 0 Å². The summed E-state index contributed by atoms with van der Waals surface area (Å²) < 4.78 is 4.71. The second-order valence-corrected chi connectivity index (χ2v) is 11.5. The summed E-state index contributed by atoms with van der Waals surface area (Å²) in [4.78, 5) is 11.5. The Morgan fingerprint density at radius 3 is 2.54 bits per heavy atom. The Hall–Kier alpha value is 0.400. The fraction of sp³-hybridized carbons (Fsp3) is 0.909. The predicted octanol–water partition coefficient (Wildman–Crippen LogP) is 2.66. The van der Waals surface area contributed by atoms with Gasteiger partial charge in [-0.05, 0) is 0 Å². The molecule has 3 fully saturated rings. The number of alkyl halides is 3. The van der Waals surface area contributed by atoms with Crippen LogP contribution in [0.2, 0.25) is 0 Å². The SMILES string of the molecule is C[C@]12CC[C@@]1(CI1CC1)CC(=O)C2. The number of hydrogen-bond acceptors (Lipinski definition) is 1. The first kappa shape index (κ1) is 8.69. The normalized spacial score (nSPS) is 50.2. The van der Waals surface area contributed by atoms with Crippen LogP contribution in [0, 0.1) is 10.8 Å². The van der Waals surface area contributed by atoms with Crippen LogP contribution in [0.25, 0.3) is 0 Å². The number of fused-ring (bicyclic) bond motifs is 1. The molecule has 0 spiro atoms. The molecule has 0 aromatic rings. The number of Topliss-reactive ketones (excluding diaryl/α,β-unsaturated/α-hetero) is 1. The van der Waals surface area contributed by atoms with Gasteiger partial charge >= 0.3 is 87.1 Å². The Balaban J connectivity index is 1.84. The van der Waals surface area contributed by atoms with E-state index in [1.165, 1.54) is 17.3 Å². The molecule has 13 heavy (non-hydrogen) atoms. The topological polar surface area (TPSA) is 17.1 Å². The minimum absolute atomic E-state index is 0.410. The second kappa shape index (κ2) is 2.50. The van der Waals surface area contributed by atoms with Crippen LogP contribution in [0.4, 0.5) is 0 Å². The van der Waals surface area contributed by atoms with E-state index in [0.29, 0.717) is 16.6 Å². The van der Waals surface area contributed by atoms with Crippen LogP contribution in [0.15, 0.2) is 0 Å². The van der Waals surface area contributed by atoms with Gasteiger partial charge in [0.1, 0.15) is 0 Å². The minimum atomic E-state index is -0.410. The van der Waals surface area contributed by atoms with Crippen LogP contribution in [0.1, 0.15) is 32.6 Å². The predicted molar refractivity (Wildman–Crippen MR) is 62.6 cm³/mol. The zero-order chi connectivity index (χ0) is 9.10. The van der Waals surface area contributed by atoms with Gasteiger partial charge in [0.2, 0.25) is 0 Å². The summed E-state index contributed by atoms with van der Waals surface area (Å²) in [5.74, 6) is 0.567. The molecule has 2 atom stereocenters. The number of hydrogen-bond donors (Lipinski definition) is 0. The molecule has 0 aromatic carbocycles. The first-order chi connectivity index (χ1) is 6.14. The van der Waals surface area contributed by atoms with Gasteiger partial charge in [0, 0.05) is 0 Å². The molecule has 0 radical (unpaired) electrons. The molecule has 1 saturated heterocycles. The van der Waals surface area contributed by atoms with Crippen LogP contribution >= 0.6 is 19.8 Å². The standard InChI is InChI=1S/C11H17IO/c1-10-2-3-11(10,7-9(13)6-10)8-12-4-5-12/h2-8H2,1H3/t10-,11+/m1/s1. The van der Waals surface area contributed by atoms with Gasteiger partial charge in [-0.3, -0.25) is 0 Å². The van der Waals surface area contributed by atoms with Crippen molar-refractivity contribution in [1.82, 2.24) is 0 Å². The number of halogens is 1. The molecule has 2 aliphatic carbocycles. The Morgan fingerprint density at radius 1 is 1.31 bits per heavy atom. The maximum absolute atomic E-state index is 11.5. The summed E-state index contributed by atoms with van der Waals surface area (Å²) in [5, 5.41) is 0. The first-order valence-corrected chi connectivity index (χ1v) is 9.81. The molecular formula is C11H17IO. The van der Waals surface area contributed by atoms with Gasteiger partial charge < -0.3 is 0 Å². The van der Waals surface area contributed by atoms with E-state index in [0.717, 1.165) is 12.8 Å². The van der Waals surface area contributed by atoms with Crippen molar-refractivity contribution < 1.29 is 4.79 Å². The van der Waals surface area contributed by atoms with Crippen molar-refractivity contribution in [2.75, 3.05) is 13.3 Å². The number of carbonyl (C=O) groups excluding carboxylic acids is 1. The van der Waals surface area contributed by atoms with Gasteiger partial charge in [0.25, 0.3) is 0 Å². The van der Waals surface area contributed by atoms with E-state index in [-0.39, 0.29) is 0 Å². The molecule has 0 unspecified atom stereocenters. The van der Waals surface area contributed by atoms with Gasteiger partial charge in [-0.15, -0.1) is 0 Å². The molecule has 0 N–H and O–H groups in total. The van der Waals surface area contributed by atoms with E-state index in [1.54, 1.807) is 8.86 Å². The molecule has 0 amide bonds. The molecule has 1 nitrogen and oxygen atoms in total. The van der Waals surface area contributed by atoms with Gasteiger partial charge in [-0.2, -0.15) is 0 Å². The van der Waals surface area contributed by atoms with E-state index < -0.39 is 19.8 Å². The fourth-order valence-corrected chi connectivity index (χ4v) is 9.80. The van der Waals surface area contributed by atoms with Gasteiger partial charge in [0.15, 0.2) is 0 Å². The molecular weight excluding hydrogens is 275 g/mol. The van der Waals surface area contributed by atoms with E-state index >= 15 is 0 Å². The van der Waals surface area contributed by atoms with E-state index in [4.69, 9.17) is 0 Å². The van der Waals surface area contributed by atoms with Crippen molar-refractivity contribution in [3.63, 3.8) is 0 Å². The Bertz CT molecular complexity index is 271. The summed E-state index contributed by atoms with van der Waals surface area (Å²) in [6.07, 6.45) is 4.58. The van der Waals surface area contributed by atoms with Crippen molar-refractivity contribution in [3.8, 4) is 0 Å². The molecule has 2 saturated carbocycles. The summed E-state index contributed by atoms with van der Waals surface area (Å²) in [6, 6.07) is 0. The van der Waals surface area contributed by atoms with E-state index in [2.05, 4.69) is 6.92 Å². The molecule has 74 valence electrons. The second-order valence-electron chi connectivity index (χ2n) is 5.31. The van der Waals surface area contributed by atoms with Crippen LogP contribution in [-0.4, -0.2) is 19.1 Å². The zero-order valence-corrected chi connectivity index (χ0v) is 10.4. The Morgan fingerprint density at radius 2 is 2.08 bits per heavy atom. The molecule has 1 aliphatic heterocycles. The van der Waals surface area contributed by atoms with Crippen LogP contribution < -0.4 is 0 Å². The summed E-state index contributed by atoms with van der Waals surface area (Å²) in [7, 11) is 0. The quantitative estimate of drug-likeness (QED) is 0.565. The van der Waals surface area contributed by atoms with Crippen molar-refractivity contribution >= 4 is 25.6 Å². The molecule has 0 aromatic heterocycles. The molecule has 0 bridgehead atoms. The zero-order valence-electron chi connectivity index (χ0n) is 8.24. The average molecular weight is 292 g/mol. The summed E-state index contributed by atoms with van der Waals surface area (Å²) >= 11 is -0.410. The molecule has 2 heteroatoms. The van der Waals surface area contributed by atoms with Crippen LogP contribution in [-0.2, 0) is 4.79 Å². The van der Waals surface area contributed by atoms with Crippen molar-refractivity contribution in [1.29, 1.82) is 0 Å². The van der Waals surface area contributed by atoms with E-state index in [9.17, 15) is 4.79 Å². The van der Waals surface area contributed by atoms with Crippen molar-refractivity contribution in [2.45, 2.75) is 32.6 Å². The third kappa shape index (κ3) is 1.13. The van der Waals surface area contributed by atoms with Gasteiger partial charge in [-0.1, -0.05) is 0 Å². The molecule has 1 heterocycles. The van der Waals surface area contributed by atoms with Crippen LogP contribution in [0.3, 0.4) is 0 Å². The third-order valence-electron chi connectivity index (χ3n) is 4.46. The molecule has 3 rings (SSSR count). The third-order valence-corrected chi connectivity index (χ3v) is 9.60. The van der Waals surface area contributed by atoms with Crippen molar-refractivity contribution in [3.05, 3.63) is 0 Å². The summed E-state index contributed by atoms with van der Waals surface area (Å²) in [6.45, 7) is 2.38. The number of ketones is 1.